The average molecular weight is 416 g/mol. The molecule has 1 saturated carbocycles. The molecule has 2 aromatic carbocycles. The number of fused-ring (bicyclic) bond motifs is 1. The van der Waals surface area contributed by atoms with Gasteiger partial charge in [0.2, 0.25) is 0 Å². The first-order valence-corrected chi connectivity index (χ1v) is 10.7. The number of para-hydroxylation sites is 1. The first-order valence-electron chi connectivity index (χ1n) is 10.7. The van der Waals surface area contributed by atoms with Crippen LogP contribution in [0.15, 0.2) is 42.5 Å². The van der Waals surface area contributed by atoms with Crippen LogP contribution in [0.1, 0.15) is 60.3 Å². The van der Waals surface area contributed by atoms with Crippen LogP contribution in [0, 0.1) is 5.92 Å². The maximum absolute atomic E-state index is 9.54. The molecule has 4 heteroatoms. The van der Waals surface area contributed by atoms with E-state index in [0.29, 0.717) is 5.92 Å². The average Bonchev–Trinajstić information content (AvgIpc) is 3.14. The Bertz CT molecular complexity index is 824. The molecule has 2 aromatic rings. The fourth-order valence-electron chi connectivity index (χ4n) is 5.20. The van der Waals surface area contributed by atoms with E-state index in [4.69, 9.17) is 10.5 Å². The minimum Gasteiger partial charge on any atom is -0.496 e. The number of methoxy groups -OCH3 is 1. The summed E-state index contributed by atoms with van der Waals surface area (Å²) < 4.78 is 5.50. The van der Waals surface area contributed by atoms with Crippen LogP contribution in [0.25, 0.3) is 0 Å². The van der Waals surface area contributed by atoms with E-state index in [1.807, 2.05) is 6.07 Å². The van der Waals surface area contributed by atoms with Gasteiger partial charge < -0.3 is 15.6 Å². The van der Waals surface area contributed by atoms with Gasteiger partial charge >= 0.3 is 0 Å². The number of aryl methyl sites for hydroxylation is 2. The van der Waals surface area contributed by atoms with Gasteiger partial charge in [-0.3, -0.25) is 0 Å². The Morgan fingerprint density at radius 1 is 1.14 bits per heavy atom. The molecular formula is C25H34ClNO2. The van der Waals surface area contributed by atoms with Crippen molar-refractivity contribution >= 4 is 12.4 Å². The van der Waals surface area contributed by atoms with Crippen LogP contribution in [0.3, 0.4) is 0 Å². The summed E-state index contributed by atoms with van der Waals surface area (Å²) in [7, 11) is 1.76. The monoisotopic (exact) mass is 415 g/mol. The molecule has 0 bridgehead atoms. The van der Waals surface area contributed by atoms with Crippen molar-refractivity contribution < 1.29 is 9.84 Å². The number of nitrogens with two attached hydrogens (primary N) is 1. The zero-order chi connectivity index (χ0) is 19.6. The predicted molar refractivity (Wildman–Crippen MR) is 121 cm³/mol. The Hall–Kier alpha value is -1.55. The van der Waals surface area contributed by atoms with Gasteiger partial charge in [0.05, 0.1) is 13.7 Å². The summed E-state index contributed by atoms with van der Waals surface area (Å²) in [6.45, 7) is 0.0995. The highest BCUT2D eigenvalue weighted by atomic mass is 35.5. The Labute approximate surface area is 181 Å². The SMILES string of the molecule is COc1ccccc1CC[C@@H]1CCc2cc([C@H]3CC[C@](N)(CO)C3)ccc2C1.Cl. The van der Waals surface area contributed by atoms with E-state index in [2.05, 4.69) is 36.4 Å². The van der Waals surface area contributed by atoms with Gasteiger partial charge in [0.25, 0.3) is 0 Å². The molecule has 0 unspecified atom stereocenters. The molecule has 0 aromatic heterocycles. The standard InChI is InChI=1S/C25H33NO2.ClH/c1-28-24-5-3-2-4-19(24)8-6-18-7-9-21-15-22(11-10-20(21)14-18)23-12-13-25(26,16-23)17-27;/h2-5,10-11,15,18,23,27H,6-9,12-14,16-17,26H2,1H3;1H/t18-,23+,25-;/m1./s1. The van der Waals surface area contributed by atoms with Crippen molar-refractivity contribution in [2.75, 3.05) is 13.7 Å². The molecule has 29 heavy (non-hydrogen) atoms. The number of rotatable bonds is 6. The number of hydrogen-bond acceptors (Lipinski definition) is 3. The smallest absolute Gasteiger partial charge is 0.122 e. The first-order chi connectivity index (χ1) is 13.6. The summed E-state index contributed by atoms with van der Waals surface area (Å²) in [5, 5.41) is 9.54. The number of ether oxygens (including phenoxy) is 1. The van der Waals surface area contributed by atoms with Gasteiger partial charge in [-0.25, -0.2) is 0 Å². The minimum atomic E-state index is -0.371. The molecule has 0 heterocycles. The molecule has 0 amide bonds. The molecule has 0 radical (unpaired) electrons. The lowest BCUT2D eigenvalue weighted by atomic mass is 9.79. The molecule has 1 fully saturated rings. The lowest BCUT2D eigenvalue weighted by Gasteiger charge is -2.26. The van der Waals surface area contributed by atoms with E-state index in [1.54, 1.807) is 7.11 Å². The van der Waals surface area contributed by atoms with E-state index in [-0.39, 0.29) is 24.6 Å². The zero-order valence-electron chi connectivity index (χ0n) is 17.4. The van der Waals surface area contributed by atoms with Gasteiger partial charge in [-0.1, -0.05) is 36.4 Å². The van der Waals surface area contributed by atoms with Crippen LogP contribution in [0.5, 0.6) is 5.75 Å². The maximum atomic E-state index is 9.54. The molecule has 0 saturated heterocycles. The lowest BCUT2D eigenvalue weighted by Crippen LogP contribution is -2.40. The fourth-order valence-corrected chi connectivity index (χ4v) is 5.20. The van der Waals surface area contributed by atoms with Crippen molar-refractivity contribution in [1.29, 1.82) is 0 Å². The van der Waals surface area contributed by atoms with Crippen LogP contribution in [-0.2, 0) is 19.3 Å². The van der Waals surface area contributed by atoms with Gasteiger partial charge in [-0.05, 0) is 91.5 Å². The van der Waals surface area contributed by atoms with Crippen molar-refractivity contribution in [3.63, 3.8) is 0 Å². The van der Waals surface area contributed by atoms with Gasteiger partial charge in [0, 0.05) is 5.54 Å². The van der Waals surface area contributed by atoms with Crippen LogP contribution in [0.4, 0.5) is 0 Å². The molecule has 3 nitrogen and oxygen atoms in total. The Kier molecular flexibility index (Phi) is 7.26. The second-order valence-electron chi connectivity index (χ2n) is 8.95. The number of benzene rings is 2. The summed E-state index contributed by atoms with van der Waals surface area (Å²) in [5.41, 5.74) is 11.7. The summed E-state index contributed by atoms with van der Waals surface area (Å²) in [6, 6.07) is 15.5. The lowest BCUT2D eigenvalue weighted by molar-refractivity contribution is 0.198. The highest BCUT2D eigenvalue weighted by Gasteiger charge is 2.36. The van der Waals surface area contributed by atoms with Gasteiger partial charge in [0.1, 0.15) is 5.75 Å². The molecule has 2 aliphatic rings. The predicted octanol–water partition coefficient (Wildman–Crippen LogP) is 4.81. The number of hydrogen-bond donors (Lipinski definition) is 2. The number of halogens is 1. The number of aliphatic hydroxyl groups is 1. The summed E-state index contributed by atoms with van der Waals surface area (Å²) in [6.07, 6.45) is 8.87. The van der Waals surface area contributed by atoms with Crippen molar-refractivity contribution in [3.05, 3.63) is 64.7 Å². The zero-order valence-corrected chi connectivity index (χ0v) is 18.2. The van der Waals surface area contributed by atoms with Gasteiger partial charge in [-0.15, -0.1) is 12.4 Å². The molecule has 0 aliphatic heterocycles. The van der Waals surface area contributed by atoms with E-state index >= 15 is 0 Å². The maximum Gasteiger partial charge on any atom is 0.122 e. The van der Waals surface area contributed by atoms with Crippen molar-refractivity contribution in [2.45, 2.75) is 62.8 Å². The molecule has 158 valence electrons. The van der Waals surface area contributed by atoms with Crippen molar-refractivity contribution in [1.82, 2.24) is 0 Å². The Balaban J connectivity index is 0.00000240. The molecule has 3 atom stereocenters. The normalized spacial score (nSPS) is 25.9. The number of aliphatic hydroxyl groups excluding tert-OH is 1. The second-order valence-corrected chi connectivity index (χ2v) is 8.95. The van der Waals surface area contributed by atoms with Gasteiger partial charge in [-0.2, -0.15) is 0 Å². The highest BCUT2D eigenvalue weighted by Crippen LogP contribution is 2.41. The van der Waals surface area contributed by atoms with Crippen molar-refractivity contribution in [3.8, 4) is 5.75 Å². The molecule has 0 spiro atoms. The Morgan fingerprint density at radius 3 is 2.72 bits per heavy atom. The van der Waals surface area contributed by atoms with E-state index in [0.717, 1.165) is 37.4 Å². The molecule has 4 rings (SSSR count). The van der Waals surface area contributed by atoms with Gasteiger partial charge in [0.15, 0.2) is 0 Å². The van der Waals surface area contributed by atoms with Crippen LogP contribution >= 0.6 is 12.4 Å². The van der Waals surface area contributed by atoms with E-state index < -0.39 is 0 Å². The first kappa shape index (κ1) is 22.1. The fraction of sp³-hybridized carbons (Fsp3) is 0.520. The topological polar surface area (TPSA) is 55.5 Å². The third-order valence-electron chi connectivity index (χ3n) is 7.01. The second kappa shape index (κ2) is 9.51. The van der Waals surface area contributed by atoms with Crippen molar-refractivity contribution in [2.24, 2.45) is 11.7 Å². The largest absolute Gasteiger partial charge is 0.496 e. The molecule has 3 N–H and O–H groups in total. The minimum absolute atomic E-state index is 0. The third kappa shape index (κ3) is 4.96. The Morgan fingerprint density at radius 2 is 1.97 bits per heavy atom. The quantitative estimate of drug-likeness (QED) is 0.711. The highest BCUT2D eigenvalue weighted by molar-refractivity contribution is 5.85. The summed E-state index contributed by atoms with van der Waals surface area (Å²) in [5.74, 6) is 2.27. The van der Waals surface area contributed by atoms with E-state index in [1.165, 1.54) is 47.9 Å². The summed E-state index contributed by atoms with van der Waals surface area (Å²) >= 11 is 0. The van der Waals surface area contributed by atoms with Crippen LogP contribution in [-0.4, -0.2) is 24.4 Å². The third-order valence-corrected chi connectivity index (χ3v) is 7.01. The summed E-state index contributed by atoms with van der Waals surface area (Å²) in [4.78, 5) is 0. The molecular weight excluding hydrogens is 382 g/mol. The van der Waals surface area contributed by atoms with E-state index in [9.17, 15) is 5.11 Å². The van der Waals surface area contributed by atoms with Crippen LogP contribution in [0.2, 0.25) is 0 Å². The molecule has 2 aliphatic carbocycles. The van der Waals surface area contributed by atoms with Crippen LogP contribution < -0.4 is 10.5 Å².